The molecule has 0 atom stereocenters. The molecule has 0 aliphatic carbocycles. The first kappa shape index (κ1) is 11.5. The maximum Gasteiger partial charge on any atom is 0.308 e. The topological polar surface area (TPSA) is 52.1 Å². The third-order valence-corrected chi connectivity index (χ3v) is 3.19. The average molecular weight is 232 g/mol. The van der Waals surface area contributed by atoms with Crippen molar-refractivity contribution >= 4 is 29.1 Å². The highest BCUT2D eigenvalue weighted by molar-refractivity contribution is 8.01. The number of carbonyl (C=O) groups is 1. The van der Waals surface area contributed by atoms with Crippen LogP contribution in [0.4, 0.5) is 0 Å². The normalized spacial score (nSPS) is 10.5. The van der Waals surface area contributed by atoms with Gasteiger partial charge >= 0.3 is 5.97 Å². The van der Waals surface area contributed by atoms with Crippen molar-refractivity contribution in [2.24, 2.45) is 5.92 Å². The number of esters is 1. The summed E-state index contributed by atoms with van der Waals surface area (Å²) in [7, 11) is 0. The van der Waals surface area contributed by atoms with Crippen LogP contribution >= 0.6 is 23.1 Å². The smallest absolute Gasteiger partial charge is 0.308 e. The third kappa shape index (κ3) is 4.06. The maximum atomic E-state index is 11.0. The molecule has 1 aromatic rings. The SMILES string of the molecule is CC(C)C(=O)OCCSc1nncs1. The lowest BCUT2D eigenvalue weighted by molar-refractivity contribution is -0.146. The lowest BCUT2D eigenvalue weighted by Gasteiger charge is -2.05. The predicted molar refractivity (Wildman–Crippen MR) is 56.4 cm³/mol. The van der Waals surface area contributed by atoms with Gasteiger partial charge in [-0.25, -0.2) is 0 Å². The van der Waals surface area contributed by atoms with E-state index >= 15 is 0 Å². The minimum atomic E-state index is -0.150. The van der Waals surface area contributed by atoms with E-state index in [0.717, 1.165) is 10.1 Å². The molecule has 0 fully saturated rings. The van der Waals surface area contributed by atoms with Gasteiger partial charge in [-0.3, -0.25) is 4.79 Å². The van der Waals surface area contributed by atoms with E-state index in [-0.39, 0.29) is 11.9 Å². The van der Waals surface area contributed by atoms with Gasteiger partial charge in [-0.1, -0.05) is 36.9 Å². The van der Waals surface area contributed by atoms with Crippen LogP contribution in [0.5, 0.6) is 0 Å². The molecule has 1 heterocycles. The quantitative estimate of drug-likeness (QED) is 0.440. The number of aromatic nitrogens is 2. The molecule has 0 bridgehead atoms. The van der Waals surface area contributed by atoms with Gasteiger partial charge in [0.05, 0.1) is 5.92 Å². The Hall–Kier alpha value is -0.620. The van der Waals surface area contributed by atoms with E-state index in [9.17, 15) is 4.79 Å². The molecule has 0 saturated heterocycles. The summed E-state index contributed by atoms with van der Waals surface area (Å²) >= 11 is 3.04. The van der Waals surface area contributed by atoms with Crippen LogP contribution < -0.4 is 0 Å². The van der Waals surface area contributed by atoms with E-state index < -0.39 is 0 Å². The molecular formula is C8H12N2O2S2. The zero-order valence-corrected chi connectivity index (χ0v) is 9.73. The Morgan fingerprint density at radius 3 is 3.07 bits per heavy atom. The number of hydrogen-bond donors (Lipinski definition) is 0. The summed E-state index contributed by atoms with van der Waals surface area (Å²) in [5.74, 6) is 0.526. The number of nitrogens with zero attached hydrogens (tertiary/aromatic N) is 2. The van der Waals surface area contributed by atoms with Gasteiger partial charge in [0.2, 0.25) is 0 Å². The van der Waals surface area contributed by atoms with Gasteiger partial charge in [-0.15, -0.1) is 10.2 Å². The first-order valence-electron chi connectivity index (χ1n) is 4.25. The lowest BCUT2D eigenvalue weighted by Crippen LogP contribution is -2.13. The van der Waals surface area contributed by atoms with Gasteiger partial charge in [-0.2, -0.15) is 0 Å². The zero-order chi connectivity index (χ0) is 10.4. The molecule has 14 heavy (non-hydrogen) atoms. The van der Waals surface area contributed by atoms with Gasteiger partial charge in [0, 0.05) is 5.75 Å². The van der Waals surface area contributed by atoms with E-state index in [2.05, 4.69) is 10.2 Å². The predicted octanol–water partition coefficient (Wildman–Crippen LogP) is 1.83. The molecule has 0 N–H and O–H groups in total. The van der Waals surface area contributed by atoms with E-state index in [1.165, 1.54) is 11.3 Å². The first-order chi connectivity index (χ1) is 6.70. The Morgan fingerprint density at radius 1 is 1.71 bits per heavy atom. The van der Waals surface area contributed by atoms with E-state index in [0.29, 0.717) is 6.61 Å². The second-order valence-corrected chi connectivity index (χ2v) is 5.05. The molecule has 0 radical (unpaired) electrons. The maximum absolute atomic E-state index is 11.0. The molecule has 1 aromatic heterocycles. The molecule has 4 nitrogen and oxygen atoms in total. The van der Waals surface area contributed by atoms with E-state index in [1.807, 2.05) is 13.8 Å². The van der Waals surface area contributed by atoms with Crippen molar-refractivity contribution in [1.82, 2.24) is 10.2 Å². The van der Waals surface area contributed by atoms with Gasteiger partial charge in [0.1, 0.15) is 12.1 Å². The highest BCUT2D eigenvalue weighted by atomic mass is 32.2. The first-order valence-corrected chi connectivity index (χ1v) is 6.12. The van der Waals surface area contributed by atoms with Crippen molar-refractivity contribution in [1.29, 1.82) is 0 Å². The Labute approximate surface area is 91.1 Å². The molecule has 0 unspecified atom stereocenters. The van der Waals surface area contributed by atoms with Crippen LogP contribution in [0.3, 0.4) is 0 Å². The Morgan fingerprint density at radius 2 is 2.50 bits per heavy atom. The highest BCUT2D eigenvalue weighted by Gasteiger charge is 2.07. The molecule has 1 rings (SSSR count). The van der Waals surface area contributed by atoms with Crippen LogP contribution in [0.25, 0.3) is 0 Å². The van der Waals surface area contributed by atoms with Crippen LogP contribution in [0, 0.1) is 5.92 Å². The summed E-state index contributed by atoms with van der Waals surface area (Å²) in [5, 5.41) is 7.56. The van der Waals surface area contributed by atoms with Crippen LogP contribution in [0.15, 0.2) is 9.85 Å². The summed E-state index contributed by atoms with van der Waals surface area (Å²) < 4.78 is 5.91. The van der Waals surface area contributed by atoms with Gasteiger partial charge < -0.3 is 4.74 Å². The van der Waals surface area contributed by atoms with Crippen molar-refractivity contribution < 1.29 is 9.53 Å². The standard InChI is InChI=1S/C8H12N2O2S2/c1-6(2)7(11)12-3-4-13-8-10-9-5-14-8/h5-6H,3-4H2,1-2H3. The summed E-state index contributed by atoms with van der Waals surface area (Å²) in [6.45, 7) is 4.07. The molecule has 0 aromatic carbocycles. The number of hydrogen-bond acceptors (Lipinski definition) is 6. The minimum absolute atomic E-state index is 0.0541. The van der Waals surface area contributed by atoms with Crippen molar-refractivity contribution in [3.05, 3.63) is 5.51 Å². The van der Waals surface area contributed by atoms with E-state index in [4.69, 9.17) is 4.74 Å². The molecule has 6 heteroatoms. The fourth-order valence-electron chi connectivity index (χ4n) is 0.664. The van der Waals surface area contributed by atoms with Crippen molar-refractivity contribution in [3.8, 4) is 0 Å². The molecule has 0 aliphatic heterocycles. The zero-order valence-electron chi connectivity index (χ0n) is 8.10. The highest BCUT2D eigenvalue weighted by Crippen LogP contribution is 2.18. The monoisotopic (exact) mass is 232 g/mol. The van der Waals surface area contributed by atoms with Crippen LogP contribution in [-0.4, -0.2) is 28.5 Å². The van der Waals surface area contributed by atoms with Crippen molar-refractivity contribution in [3.63, 3.8) is 0 Å². The van der Waals surface area contributed by atoms with E-state index in [1.54, 1.807) is 17.3 Å². The minimum Gasteiger partial charge on any atom is -0.465 e. The second kappa shape index (κ2) is 5.98. The Bertz CT molecular complexity index is 275. The Balaban J connectivity index is 2.08. The largest absolute Gasteiger partial charge is 0.465 e. The second-order valence-electron chi connectivity index (χ2n) is 2.88. The Kier molecular flexibility index (Phi) is 4.89. The van der Waals surface area contributed by atoms with Crippen molar-refractivity contribution in [2.45, 2.75) is 18.2 Å². The van der Waals surface area contributed by atoms with Crippen LogP contribution in [0.1, 0.15) is 13.8 Å². The van der Waals surface area contributed by atoms with Gasteiger partial charge in [0.25, 0.3) is 0 Å². The third-order valence-electron chi connectivity index (χ3n) is 1.36. The molecule has 0 spiro atoms. The fourth-order valence-corrected chi connectivity index (χ4v) is 2.04. The summed E-state index contributed by atoms with van der Waals surface area (Å²) in [4.78, 5) is 11.0. The number of carbonyl (C=O) groups excluding carboxylic acids is 1. The van der Waals surface area contributed by atoms with Crippen LogP contribution in [-0.2, 0) is 9.53 Å². The summed E-state index contributed by atoms with van der Waals surface area (Å²) in [6, 6.07) is 0. The number of ether oxygens (including phenoxy) is 1. The summed E-state index contributed by atoms with van der Waals surface area (Å²) in [5.41, 5.74) is 1.68. The number of thioether (sulfide) groups is 1. The molecule has 0 saturated carbocycles. The number of rotatable bonds is 5. The summed E-state index contributed by atoms with van der Waals surface area (Å²) in [6.07, 6.45) is 0. The molecule has 0 aliphatic rings. The van der Waals surface area contributed by atoms with Gasteiger partial charge in [0.15, 0.2) is 4.34 Å². The van der Waals surface area contributed by atoms with Gasteiger partial charge in [-0.05, 0) is 0 Å². The molecule has 78 valence electrons. The molecular weight excluding hydrogens is 220 g/mol. The van der Waals surface area contributed by atoms with Crippen molar-refractivity contribution in [2.75, 3.05) is 12.4 Å². The average Bonchev–Trinajstić information content (AvgIpc) is 2.64. The fraction of sp³-hybridized carbons (Fsp3) is 0.625. The lowest BCUT2D eigenvalue weighted by atomic mass is 10.2. The van der Waals surface area contributed by atoms with Crippen LogP contribution in [0.2, 0.25) is 0 Å². The molecule has 0 amide bonds.